The largest absolute Gasteiger partial charge is 0.497 e. The molecule has 1 amide bonds. The molecule has 1 N–H and O–H groups in total. The van der Waals surface area contributed by atoms with Crippen molar-refractivity contribution < 1.29 is 23.8 Å². The van der Waals surface area contributed by atoms with Crippen molar-refractivity contribution in [3.05, 3.63) is 59.7 Å². The van der Waals surface area contributed by atoms with Crippen molar-refractivity contribution in [2.75, 3.05) is 20.3 Å². The molecule has 0 aliphatic carbocycles. The molecule has 0 fully saturated rings. The van der Waals surface area contributed by atoms with Crippen LogP contribution >= 0.6 is 0 Å². The van der Waals surface area contributed by atoms with E-state index in [1.165, 1.54) is 0 Å². The molecule has 0 atom stereocenters. The van der Waals surface area contributed by atoms with Crippen molar-refractivity contribution in [2.45, 2.75) is 26.4 Å². The lowest BCUT2D eigenvalue weighted by Crippen LogP contribution is -2.30. The summed E-state index contributed by atoms with van der Waals surface area (Å²) in [6, 6.07) is 14.3. The van der Waals surface area contributed by atoms with Gasteiger partial charge in [-0.1, -0.05) is 12.1 Å². The number of hydrogen-bond donors (Lipinski definition) is 1. The summed E-state index contributed by atoms with van der Waals surface area (Å²) in [5, 5.41) is 2.73. The van der Waals surface area contributed by atoms with E-state index in [2.05, 4.69) is 5.32 Å². The molecule has 2 aromatic carbocycles. The Morgan fingerprint density at radius 3 is 2.19 bits per heavy atom. The number of benzene rings is 2. The third kappa shape index (κ3) is 7.01. The highest BCUT2D eigenvalue weighted by Gasteiger charge is 2.10. The zero-order valence-electron chi connectivity index (χ0n) is 15.9. The van der Waals surface area contributed by atoms with E-state index in [1.54, 1.807) is 31.4 Å². The van der Waals surface area contributed by atoms with Crippen LogP contribution in [0, 0.1) is 0 Å². The SMILES string of the molecule is COc1ccc(CCNC(=O)COC(=O)c2ccc(OC(C)C)cc2)cc1. The fourth-order valence-corrected chi connectivity index (χ4v) is 2.35. The van der Waals surface area contributed by atoms with Crippen molar-refractivity contribution in [2.24, 2.45) is 0 Å². The summed E-state index contributed by atoms with van der Waals surface area (Å²) >= 11 is 0. The zero-order chi connectivity index (χ0) is 19.6. The molecule has 6 heteroatoms. The van der Waals surface area contributed by atoms with Gasteiger partial charge in [0, 0.05) is 6.54 Å². The summed E-state index contributed by atoms with van der Waals surface area (Å²) in [6.45, 7) is 4.00. The number of nitrogens with one attached hydrogen (secondary N) is 1. The van der Waals surface area contributed by atoms with Gasteiger partial charge < -0.3 is 19.5 Å². The highest BCUT2D eigenvalue weighted by molar-refractivity contribution is 5.91. The van der Waals surface area contributed by atoms with Gasteiger partial charge in [0.15, 0.2) is 6.61 Å². The van der Waals surface area contributed by atoms with Gasteiger partial charge in [-0.15, -0.1) is 0 Å². The Balaban J connectivity index is 1.70. The molecule has 0 spiro atoms. The highest BCUT2D eigenvalue weighted by Crippen LogP contribution is 2.14. The monoisotopic (exact) mass is 371 g/mol. The summed E-state index contributed by atoms with van der Waals surface area (Å²) in [4.78, 5) is 23.8. The lowest BCUT2D eigenvalue weighted by atomic mass is 10.1. The molecule has 2 rings (SSSR count). The lowest BCUT2D eigenvalue weighted by Gasteiger charge is -2.10. The van der Waals surface area contributed by atoms with Gasteiger partial charge in [-0.2, -0.15) is 0 Å². The van der Waals surface area contributed by atoms with Crippen LogP contribution in [-0.2, 0) is 16.0 Å². The minimum atomic E-state index is -0.545. The van der Waals surface area contributed by atoms with Gasteiger partial charge in [0.05, 0.1) is 18.8 Å². The van der Waals surface area contributed by atoms with Crippen molar-refractivity contribution >= 4 is 11.9 Å². The molecule has 0 aromatic heterocycles. The van der Waals surface area contributed by atoms with Crippen molar-refractivity contribution in [1.82, 2.24) is 5.32 Å². The summed E-state index contributed by atoms with van der Waals surface area (Å²) in [6.07, 6.45) is 0.741. The molecule has 144 valence electrons. The Morgan fingerprint density at radius 2 is 1.59 bits per heavy atom. The number of amides is 1. The third-order valence-electron chi connectivity index (χ3n) is 3.69. The van der Waals surface area contributed by atoms with Gasteiger partial charge in [-0.25, -0.2) is 4.79 Å². The van der Waals surface area contributed by atoms with E-state index in [1.807, 2.05) is 38.1 Å². The van der Waals surface area contributed by atoms with Crippen LogP contribution in [0.2, 0.25) is 0 Å². The van der Waals surface area contributed by atoms with Crippen molar-refractivity contribution in [1.29, 1.82) is 0 Å². The van der Waals surface area contributed by atoms with Crippen LogP contribution < -0.4 is 14.8 Å². The molecular formula is C21H25NO5. The summed E-state index contributed by atoms with van der Waals surface area (Å²) < 4.78 is 15.7. The van der Waals surface area contributed by atoms with E-state index in [-0.39, 0.29) is 18.6 Å². The number of rotatable bonds is 9. The lowest BCUT2D eigenvalue weighted by molar-refractivity contribution is -0.124. The molecule has 6 nitrogen and oxygen atoms in total. The number of carbonyl (C=O) groups excluding carboxylic acids is 2. The van der Waals surface area contributed by atoms with E-state index in [9.17, 15) is 9.59 Å². The molecule has 0 bridgehead atoms. The molecule has 0 heterocycles. The van der Waals surface area contributed by atoms with Crippen LogP contribution in [0.3, 0.4) is 0 Å². The van der Waals surface area contributed by atoms with E-state index in [4.69, 9.17) is 14.2 Å². The second-order valence-electron chi connectivity index (χ2n) is 6.22. The Morgan fingerprint density at radius 1 is 0.963 bits per heavy atom. The normalized spacial score (nSPS) is 10.4. The average Bonchev–Trinajstić information content (AvgIpc) is 2.67. The second kappa shape index (κ2) is 10.2. The standard InChI is InChI=1S/C21H25NO5/c1-15(2)27-19-10-6-17(7-11-19)21(24)26-14-20(23)22-13-12-16-4-8-18(25-3)9-5-16/h4-11,15H,12-14H2,1-3H3,(H,22,23). The molecule has 0 unspecified atom stereocenters. The minimum Gasteiger partial charge on any atom is -0.497 e. The van der Waals surface area contributed by atoms with Crippen LogP contribution in [0.25, 0.3) is 0 Å². The van der Waals surface area contributed by atoms with Crippen LogP contribution in [0.15, 0.2) is 48.5 Å². The Labute approximate surface area is 159 Å². The Kier molecular flexibility index (Phi) is 7.67. The van der Waals surface area contributed by atoms with E-state index in [0.717, 1.165) is 11.3 Å². The number of esters is 1. The molecule has 2 aromatic rings. The minimum absolute atomic E-state index is 0.0596. The molecular weight excluding hydrogens is 346 g/mol. The predicted octanol–water partition coefficient (Wildman–Crippen LogP) is 3.00. The van der Waals surface area contributed by atoms with Crippen LogP contribution in [-0.4, -0.2) is 38.2 Å². The highest BCUT2D eigenvalue weighted by atomic mass is 16.5. The van der Waals surface area contributed by atoms with Gasteiger partial charge in [0.2, 0.25) is 0 Å². The van der Waals surface area contributed by atoms with Gasteiger partial charge in [-0.05, 0) is 62.2 Å². The Bertz CT molecular complexity index is 738. The first-order valence-electron chi connectivity index (χ1n) is 8.81. The molecule has 0 saturated carbocycles. The van der Waals surface area contributed by atoms with E-state index < -0.39 is 5.97 Å². The fourth-order valence-electron chi connectivity index (χ4n) is 2.35. The number of methoxy groups -OCH3 is 1. The topological polar surface area (TPSA) is 73.9 Å². The van der Waals surface area contributed by atoms with Crippen LogP contribution in [0.4, 0.5) is 0 Å². The molecule has 27 heavy (non-hydrogen) atoms. The summed E-state index contributed by atoms with van der Waals surface area (Å²) in [5.74, 6) is 0.587. The zero-order valence-corrected chi connectivity index (χ0v) is 15.9. The number of ether oxygens (including phenoxy) is 3. The maximum Gasteiger partial charge on any atom is 0.338 e. The van der Waals surface area contributed by atoms with E-state index in [0.29, 0.717) is 24.3 Å². The quantitative estimate of drug-likeness (QED) is 0.686. The van der Waals surface area contributed by atoms with Crippen LogP contribution in [0.5, 0.6) is 11.5 Å². The number of carbonyl (C=O) groups is 2. The maximum atomic E-state index is 12.0. The van der Waals surface area contributed by atoms with Crippen LogP contribution in [0.1, 0.15) is 29.8 Å². The third-order valence-corrected chi connectivity index (χ3v) is 3.69. The second-order valence-corrected chi connectivity index (χ2v) is 6.22. The average molecular weight is 371 g/mol. The van der Waals surface area contributed by atoms with Crippen molar-refractivity contribution in [3.63, 3.8) is 0 Å². The summed E-state index contributed by atoms with van der Waals surface area (Å²) in [7, 11) is 1.62. The summed E-state index contributed by atoms with van der Waals surface area (Å²) in [5.41, 5.74) is 1.45. The first kappa shape index (κ1) is 20.3. The number of hydrogen-bond acceptors (Lipinski definition) is 5. The van der Waals surface area contributed by atoms with Gasteiger partial charge in [-0.3, -0.25) is 4.79 Å². The first-order valence-corrected chi connectivity index (χ1v) is 8.81. The van der Waals surface area contributed by atoms with E-state index >= 15 is 0 Å². The molecule has 0 radical (unpaired) electrons. The predicted molar refractivity (Wildman–Crippen MR) is 102 cm³/mol. The fraction of sp³-hybridized carbons (Fsp3) is 0.333. The van der Waals surface area contributed by atoms with Gasteiger partial charge in [0.25, 0.3) is 5.91 Å². The van der Waals surface area contributed by atoms with Gasteiger partial charge in [0.1, 0.15) is 11.5 Å². The van der Waals surface area contributed by atoms with Crippen molar-refractivity contribution in [3.8, 4) is 11.5 Å². The molecule has 0 aliphatic heterocycles. The molecule has 0 aliphatic rings. The smallest absolute Gasteiger partial charge is 0.338 e. The molecule has 0 saturated heterocycles. The van der Waals surface area contributed by atoms with Gasteiger partial charge >= 0.3 is 5.97 Å². The maximum absolute atomic E-state index is 12.0. The first-order chi connectivity index (χ1) is 13.0. The Hall–Kier alpha value is -3.02.